The van der Waals surface area contributed by atoms with Gasteiger partial charge in [0.2, 0.25) is 0 Å². The summed E-state index contributed by atoms with van der Waals surface area (Å²) in [5.41, 5.74) is 2.35. The van der Waals surface area contributed by atoms with Crippen LogP contribution in [-0.4, -0.2) is 23.3 Å². The van der Waals surface area contributed by atoms with Crippen molar-refractivity contribution >= 4 is 11.9 Å². The van der Waals surface area contributed by atoms with Crippen LogP contribution in [-0.2, 0) is 5.41 Å². The van der Waals surface area contributed by atoms with Gasteiger partial charge in [0.25, 0.3) is 0 Å². The minimum atomic E-state index is -0.272. The maximum absolute atomic E-state index is 11.7. The number of benzene rings is 1. The first-order chi connectivity index (χ1) is 8.84. The molecule has 1 fully saturated rings. The number of hydrogen-bond donors (Lipinski definition) is 2. The van der Waals surface area contributed by atoms with E-state index in [4.69, 9.17) is 5.41 Å². The van der Waals surface area contributed by atoms with Gasteiger partial charge in [0.15, 0.2) is 0 Å². The highest BCUT2D eigenvalue weighted by molar-refractivity contribution is 6.05. The Bertz CT molecular complexity index is 499. The fourth-order valence-electron chi connectivity index (χ4n) is 2.37. The highest BCUT2D eigenvalue weighted by atomic mass is 16.2. The van der Waals surface area contributed by atoms with E-state index in [9.17, 15) is 4.79 Å². The predicted octanol–water partition coefficient (Wildman–Crippen LogP) is 3.05. The Morgan fingerprint density at radius 2 is 1.84 bits per heavy atom. The second-order valence-corrected chi connectivity index (χ2v) is 5.90. The molecule has 102 valence electrons. The zero-order valence-corrected chi connectivity index (χ0v) is 11.9. The topological polar surface area (TPSA) is 56.2 Å². The van der Waals surface area contributed by atoms with E-state index < -0.39 is 0 Å². The number of amidine groups is 1. The van der Waals surface area contributed by atoms with Crippen molar-refractivity contribution in [2.24, 2.45) is 0 Å². The third-order valence-electron chi connectivity index (χ3n) is 3.52. The first-order valence-corrected chi connectivity index (χ1v) is 6.61. The maximum atomic E-state index is 11.7. The van der Waals surface area contributed by atoms with Crippen molar-refractivity contribution in [1.29, 1.82) is 5.41 Å². The van der Waals surface area contributed by atoms with Crippen LogP contribution in [0.1, 0.15) is 44.9 Å². The molecule has 1 aliphatic heterocycles. The van der Waals surface area contributed by atoms with Gasteiger partial charge in [0.1, 0.15) is 11.9 Å². The standard InChI is InChI=1S/C15H21N3O/c1-5-18-12(13(16)17-14(18)19)10-6-8-11(9-7-10)15(2,3)4/h6-9,12H,5H2,1-4H3,(H2,16,17,19). The SMILES string of the molecule is CCN1C(=O)NC(=N)C1c1ccc(C(C)(C)C)cc1. The van der Waals surface area contributed by atoms with Crippen molar-refractivity contribution < 1.29 is 4.79 Å². The van der Waals surface area contributed by atoms with E-state index >= 15 is 0 Å². The van der Waals surface area contributed by atoms with Crippen LogP contribution in [0.2, 0.25) is 0 Å². The molecule has 19 heavy (non-hydrogen) atoms. The molecule has 0 aliphatic carbocycles. The summed E-state index contributed by atoms with van der Waals surface area (Å²) in [5, 5.41) is 10.5. The number of urea groups is 1. The molecule has 4 heteroatoms. The van der Waals surface area contributed by atoms with E-state index in [1.165, 1.54) is 5.56 Å². The van der Waals surface area contributed by atoms with Gasteiger partial charge in [-0.2, -0.15) is 0 Å². The molecule has 2 N–H and O–H groups in total. The summed E-state index contributed by atoms with van der Waals surface area (Å²) in [5.74, 6) is 0.260. The summed E-state index contributed by atoms with van der Waals surface area (Å²) in [7, 11) is 0. The molecule has 0 spiro atoms. The highest BCUT2D eigenvalue weighted by Crippen LogP contribution is 2.28. The number of nitrogens with zero attached hydrogens (tertiary/aromatic N) is 1. The normalized spacial score (nSPS) is 19.8. The molecule has 1 aliphatic rings. The zero-order chi connectivity index (χ0) is 14.2. The lowest BCUT2D eigenvalue weighted by Crippen LogP contribution is -2.29. The summed E-state index contributed by atoms with van der Waals surface area (Å²) >= 11 is 0. The molecular weight excluding hydrogens is 238 g/mol. The van der Waals surface area contributed by atoms with Crippen LogP contribution >= 0.6 is 0 Å². The second kappa shape index (κ2) is 4.68. The van der Waals surface area contributed by atoms with Gasteiger partial charge < -0.3 is 4.90 Å². The van der Waals surface area contributed by atoms with Crippen LogP contribution in [0.25, 0.3) is 0 Å². The van der Waals surface area contributed by atoms with Gasteiger partial charge in [-0.3, -0.25) is 10.7 Å². The molecule has 1 saturated heterocycles. The molecular formula is C15H21N3O. The number of likely N-dealkylation sites (N-methyl/N-ethyl adjacent to an activating group) is 1. The Morgan fingerprint density at radius 1 is 1.26 bits per heavy atom. The summed E-state index contributed by atoms with van der Waals surface area (Å²) < 4.78 is 0. The molecule has 4 nitrogen and oxygen atoms in total. The van der Waals surface area contributed by atoms with E-state index in [-0.39, 0.29) is 23.3 Å². The van der Waals surface area contributed by atoms with Crippen LogP contribution in [0.3, 0.4) is 0 Å². The van der Waals surface area contributed by atoms with E-state index in [1.807, 2.05) is 19.1 Å². The Morgan fingerprint density at radius 3 is 2.32 bits per heavy atom. The van der Waals surface area contributed by atoms with Crippen LogP contribution < -0.4 is 5.32 Å². The predicted molar refractivity (Wildman–Crippen MR) is 76.5 cm³/mol. The van der Waals surface area contributed by atoms with Crippen LogP contribution in [0.4, 0.5) is 4.79 Å². The quantitative estimate of drug-likeness (QED) is 0.842. The molecule has 2 amide bonds. The van der Waals surface area contributed by atoms with Crippen molar-refractivity contribution in [2.45, 2.75) is 39.2 Å². The first-order valence-electron chi connectivity index (χ1n) is 6.61. The molecule has 1 unspecified atom stereocenters. The van der Waals surface area contributed by atoms with Crippen molar-refractivity contribution in [3.05, 3.63) is 35.4 Å². The Hall–Kier alpha value is -1.84. The molecule has 1 heterocycles. The second-order valence-electron chi connectivity index (χ2n) is 5.90. The van der Waals surface area contributed by atoms with Gasteiger partial charge in [-0.1, -0.05) is 45.0 Å². The Labute approximate surface area is 114 Å². The fraction of sp³-hybridized carbons (Fsp3) is 0.467. The molecule has 0 radical (unpaired) electrons. The first kappa shape index (κ1) is 13.6. The van der Waals surface area contributed by atoms with Crippen molar-refractivity contribution in [3.63, 3.8) is 0 Å². The number of rotatable bonds is 2. The maximum Gasteiger partial charge on any atom is 0.323 e. The van der Waals surface area contributed by atoms with Gasteiger partial charge in [-0.05, 0) is 23.5 Å². The minimum Gasteiger partial charge on any atom is -0.310 e. The molecule has 2 rings (SSSR count). The van der Waals surface area contributed by atoms with E-state index in [0.717, 1.165) is 5.56 Å². The third kappa shape index (κ3) is 2.48. The lowest BCUT2D eigenvalue weighted by Gasteiger charge is -2.23. The lowest BCUT2D eigenvalue weighted by atomic mass is 9.86. The molecule has 1 aromatic rings. The van der Waals surface area contributed by atoms with Crippen molar-refractivity contribution in [1.82, 2.24) is 10.2 Å². The van der Waals surface area contributed by atoms with Crippen molar-refractivity contribution in [3.8, 4) is 0 Å². The lowest BCUT2D eigenvalue weighted by molar-refractivity contribution is 0.209. The van der Waals surface area contributed by atoms with Gasteiger partial charge in [0.05, 0.1) is 0 Å². The average molecular weight is 259 g/mol. The van der Waals surface area contributed by atoms with Gasteiger partial charge in [-0.25, -0.2) is 4.79 Å². The number of amides is 2. The number of carbonyl (C=O) groups excluding carboxylic acids is 1. The van der Waals surface area contributed by atoms with Gasteiger partial charge in [0, 0.05) is 6.54 Å². The summed E-state index contributed by atoms with van der Waals surface area (Å²) in [4.78, 5) is 13.4. The number of carbonyl (C=O) groups is 1. The zero-order valence-electron chi connectivity index (χ0n) is 11.9. The fourth-order valence-corrected chi connectivity index (χ4v) is 2.37. The van der Waals surface area contributed by atoms with Gasteiger partial charge in [-0.15, -0.1) is 0 Å². The average Bonchev–Trinajstić information content (AvgIpc) is 2.62. The smallest absolute Gasteiger partial charge is 0.310 e. The van der Waals surface area contributed by atoms with Gasteiger partial charge >= 0.3 is 6.03 Å². The van der Waals surface area contributed by atoms with Crippen LogP contribution in [0, 0.1) is 5.41 Å². The van der Waals surface area contributed by atoms with E-state index in [0.29, 0.717) is 6.54 Å². The van der Waals surface area contributed by atoms with Crippen LogP contribution in [0.15, 0.2) is 24.3 Å². The molecule has 0 aromatic heterocycles. The number of hydrogen-bond acceptors (Lipinski definition) is 2. The summed E-state index contributed by atoms with van der Waals surface area (Å²) in [6.45, 7) is 9.03. The number of nitrogens with one attached hydrogen (secondary N) is 2. The third-order valence-corrected chi connectivity index (χ3v) is 3.52. The molecule has 1 atom stereocenters. The molecule has 1 aromatic carbocycles. The Balaban J connectivity index is 2.32. The molecule has 0 bridgehead atoms. The summed E-state index contributed by atoms with van der Waals surface area (Å²) in [6, 6.07) is 7.74. The van der Waals surface area contributed by atoms with Crippen LogP contribution in [0.5, 0.6) is 0 Å². The van der Waals surface area contributed by atoms with E-state index in [2.05, 4.69) is 38.2 Å². The summed E-state index contributed by atoms with van der Waals surface area (Å²) in [6.07, 6.45) is 0. The Kier molecular flexibility index (Phi) is 3.35. The van der Waals surface area contributed by atoms with E-state index in [1.54, 1.807) is 4.90 Å². The largest absolute Gasteiger partial charge is 0.323 e. The van der Waals surface area contributed by atoms with Crippen molar-refractivity contribution in [2.75, 3.05) is 6.54 Å². The minimum absolute atomic E-state index is 0.111. The highest BCUT2D eigenvalue weighted by Gasteiger charge is 2.35. The molecule has 0 saturated carbocycles. The monoisotopic (exact) mass is 259 g/mol.